The van der Waals surface area contributed by atoms with Crippen LogP contribution in [0.5, 0.6) is 0 Å². The maximum atomic E-state index is 12.7. The van der Waals surface area contributed by atoms with Crippen LogP contribution in [0.1, 0.15) is 24.5 Å². The summed E-state index contributed by atoms with van der Waals surface area (Å²) in [6, 6.07) is 15.3. The molecule has 1 aromatic heterocycles. The first-order valence-corrected chi connectivity index (χ1v) is 10.0. The quantitative estimate of drug-likeness (QED) is 0.502. The molecule has 2 aromatic carbocycles. The van der Waals surface area contributed by atoms with Crippen molar-refractivity contribution in [3.63, 3.8) is 0 Å². The highest BCUT2D eigenvalue weighted by atomic mass is 32.2. The molecule has 0 radical (unpaired) electrons. The number of nitrogens with one attached hydrogen (secondary N) is 1. The summed E-state index contributed by atoms with van der Waals surface area (Å²) < 4.78 is 1.67. The molecule has 0 unspecified atom stereocenters. The Balaban J connectivity index is 1.72. The number of hydrogen-bond donors (Lipinski definition) is 1. The highest BCUT2D eigenvalue weighted by molar-refractivity contribution is 7.99. The Morgan fingerprint density at radius 2 is 1.89 bits per heavy atom. The summed E-state index contributed by atoms with van der Waals surface area (Å²) in [5.74, 6) is 0.147. The van der Waals surface area contributed by atoms with E-state index in [1.807, 2.05) is 56.3 Å². The molecule has 0 saturated heterocycles. The zero-order valence-corrected chi connectivity index (χ0v) is 16.4. The lowest BCUT2D eigenvalue weighted by atomic mass is 10.1. The molecule has 0 atom stereocenters. The maximum absolute atomic E-state index is 12.7. The molecule has 0 aliphatic rings. The minimum absolute atomic E-state index is 0.0507. The number of carbonyl (C=O) groups is 1. The van der Waals surface area contributed by atoms with Gasteiger partial charge >= 0.3 is 0 Å². The molecule has 6 heteroatoms. The highest BCUT2D eigenvalue weighted by Gasteiger charge is 2.12. The molecule has 3 rings (SSSR count). The van der Waals surface area contributed by atoms with E-state index in [1.54, 1.807) is 10.6 Å². The van der Waals surface area contributed by atoms with Crippen LogP contribution in [0.3, 0.4) is 0 Å². The van der Waals surface area contributed by atoms with Gasteiger partial charge in [-0.3, -0.25) is 14.2 Å². The maximum Gasteiger partial charge on any atom is 0.262 e. The van der Waals surface area contributed by atoms with Gasteiger partial charge in [0.1, 0.15) is 0 Å². The topological polar surface area (TPSA) is 64.0 Å². The summed E-state index contributed by atoms with van der Waals surface area (Å²) in [4.78, 5) is 29.6. The van der Waals surface area contributed by atoms with Gasteiger partial charge in [0.2, 0.25) is 5.91 Å². The van der Waals surface area contributed by atoms with Gasteiger partial charge in [0, 0.05) is 13.1 Å². The molecule has 1 N–H and O–H groups in total. The van der Waals surface area contributed by atoms with E-state index in [4.69, 9.17) is 0 Å². The smallest absolute Gasteiger partial charge is 0.262 e. The van der Waals surface area contributed by atoms with Crippen LogP contribution in [0, 0.1) is 6.92 Å². The van der Waals surface area contributed by atoms with Gasteiger partial charge in [-0.15, -0.1) is 0 Å². The summed E-state index contributed by atoms with van der Waals surface area (Å²) >= 11 is 1.30. The Labute approximate surface area is 162 Å². The summed E-state index contributed by atoms with van der Waals surface area (Å²) in [5.41, 5.74) is 2.86. The minimum atomic E-state index is -0.0753. The summed E-state index contributed by atoms with van der Waals surface area (Å²) in [5, 5.41) is 4.14. The van der Waals surface area contributed by atoms with Crippen molar-refractivity contribution < 1.29 is 4.79 Å². The predicted molar refractivity (Wildman–Crippen MR) is 110 cm³/mol. The Bertz CT molecular complexity index is 1010. The number of carbonyl (C=O) groups excluding carboxylic acids is 1. The van der Waals surface area contributed by atoms with Crippen LogP contribution in [0.4, 0.5) is 0 Å². The van der Waals surface area contributed by atoms with Crippen LogP contribution in [-0.4, -0.2) is 21.2 Å². The molecule has 1 amide bonds. The van der Waals surface area contributed by atoms with E-state index in [9.17, 15) is 9.59 Å². The molecule has 27 heavy (non-hydrogen) atoms. The first-order valence-electron chi connectivity index (χ1n) is 9.03. The molecule has 0 fully saturated rings. The third kappa shape index (κ3) is 4.57. The lowest BCUT2D eigenvalue weighted by molar-refractivity contribution is -0.118. The third-order valence-electron chi connectivity index (χ3n) is 4.34. The zero-order chi connectivity index (χ0) is 19.2. The van der Waals surface area contributed by atoms with Gasteiger partial charge in [0.05, 0.1) is 16.7 Å². The minimum Gasteiger partial charge on any atom is -0.351 e. The number of benzene rings is 2. The fourth-order valence-electron chi connectivity index (χ4n) is 2.86. The molecule has 1 heterocycles. The number of hydrogen-bond acceptors (Lipinski definition) is 4. The van der Waals surface area contributed by atoms with E-state index in [-0.39, 0.29) is 17.2 Å². The first kappa shape index (κ1) is 19.2. The average molecular weight is 382 g/mol. The standard InChI is InChI=1S/C21H23N3O2S/c1-3-12-24-20(26)17-10-6-7-11-18(17)23-21(24)27-14-19(25)22-13-16-9-5-4-8-15(16)2/h4-11H,3,12-14H2,1-2H3,(H,22,25). The van der Waals surface area contributed by atoms with Crippen LogP contribution < -0.4 is 10.9 Å². The predicted octanol–water partition coefficient (Wildman–Crippen LogP) is 3.52. The second kappa shape index (κ2) is 8.86. The van der Waals surface area contributed by atoms with Gasteiger partial charge in [-0.2, -0.15) is 0 Å². The SMILES string of the molecule is CCCn1c(SCC(=O)NCc2ccccc2C)nc2ccccc2c1=O. The third-order valence-corrected chi connectivity index (χ3v) is 5.32. The van der Waals surface area contributed by atoms with Crippen molar-refractivity contribution in [2.75, 3.05) is 5.75 Å². The van der Waals surface area contributed by atoms with Gasteiger partial charge in [-0.1, -0.05) is 55.1 Å². The van der Waals surface area contributed by atoms with Crippen molar-refractivity contribution in [3.8, 4) is 0 Å². The molecule has 5 nitrogen and oxygen atoms in total. The van der Waals surface area contributed by atoms with E-state index in [1.165, 1.54) is 11.8 Å². The summed E-state index contributed by atoms with van der Waals surface area (Å²) in [6.45, 7) is 5.13. The number of aromatic nitrogens is 2. The van der Waals surface area contributed by atoms with E-state index in [0.717, 1.165) is 17.5 Å². The van der Waals surface area contributed by atoms with Crippen molar-refractivity contribution in [1.82, 2.24) is 14.9 Å². The van der Waals surface area contributed by atoms with Crippen molar-refractivity contribution in [1.29, 1.82) is 0 Å². The van der Waals surface area contributed by atoms with E-state index in [2.05, 4.69) is 10.3 Å². The monoisotopic (exact) mass is 381 g/mol. The molecular weight excluding hydrogens is 358 g/mol. The van der Waals surface area contributed by atoms with Crippen molar-refractivity contribution >= 4 is 28.6 Å². The van der Waals surface area contributed by atoms with Gasteiger partial charge in [-0.05, 0) is 36.6 Å². The van der Waals surface area contributed by atoms with Crippen LogP contribution in [0.2, 0.25) is 0 Å². The van der Waals surface area contributed by atoms with Crippen LogP contribution >= 0.6 is 11.8 Å². The van der Waals surface area contributed by atoms with E-state index >= 15 is 0 Å². The summed E-state index contributed by atoms with van der Waals surface area (Å²) in [7, 11) is 0. The van der Waals surface area contributed by atoms with Crippen LogP contribution in [-0.2, 0) is 17.9 Å². The zero-order valence-electron chi connectivity index (χ0n) is 15.6. The van der Waals surface area contributed by atoms with Crippen molar-refractivity contribution in [2.24, 2.45) is 0 Å². The second-order valence-corrected chi connectivity index (χ2v) is 7.30. The molecular formula is C21H23N3O2S. The van der Waals surface area contributed by atoms with Crippen molar-refractivity contribution in [3.05, 3.63) is 70.0 Å². The Morgan fingerprint density at radius 1 is 1.15 bits per heavy atom. The second-order valence-electron chi connectivity index (χ2n) is 6.36. The summed E-state index contributed by atoms with van der Waals surface area (Å²) in [6.07, 6.45) is 0.826. The number of amides is 1. The molecule has 0 spiro atoms. The van der Waals surface area contributed by atoms with Crippen LogP contribution in [0.25, 0.3) is 10.9 Å². The van der Waals surface area contributed by atoms with Gasteiger partial charge in [0.25, 0.3) is 5.56 Å². The molecule has 0 bridgehead atoms. The van der Waals surface area contributed by atoms with Gasteiger partial charge < -0.3 is 5.32 Å². The fourth-order valence-corrected chi connectivity index (χ4v) is 3.72. The number of thioether (sulfide) groups is 1. The van der Waals surface area contributed by atoms with E-state index in [0.29, 0.717) is 29.1 Å². The Morgan fingerprint density at radius 3 is 2.67 bits per heavy atom. The van der Waals surface area contributed by atoms with E-state index < -0.39 is 0 Å². The Hall–Kier alpha value is -2.60. The average Bonchev–Trinajstić information content (AvgIpc) is 2.68. The number of fused-ring (bicyclic) bond motifs is 1. The van der Waals surface area contributed by atoms with Crippen molar-refractivity contribution in [2.45, 2.75) is 38.5 Å². The largest absolute Gasteiger partial charge is 0.351 e. The fraction of sp³-hybridized carbons (Fsp3) is 0.286. The number of aryl methyl sites for hydroxylation is 1. The number of nitrogens with zero attached hydrogens (tertiary/aromatic N) is 2. The molecule has 0 saturated carbocycles. The number of para-hydroxylation sites is 1. The number of rotatable bonds is 7. The van der Waals surface area contributed by atoms with Crippen LogP contribution in [0.15, 0.2) is 58.5 Å². The van der Waals surface area contributed by atoms with Gasteiger partial charge in [0.15, 0.2) is 5.16 Å². The lowest BCUT2D eigenvalue weighted by Crippen LogP contribution is -2.27. The Kier molecular flexibility index (Phi) is 6.29. The lowest BCUT2D eigenvalue weighted by Gasteiger charge is -2.12. The normalized spacial score (nSPS) is 10.9. The molecule has 0 aliphatic carbocycles. The first-order chi connectivity index (χ1) is 13.1. The highest BCUT2D eigenvalue weighted by Crippen LogP contribution is 2.18. The van der Waals surface area contributed by atoms with Gasteiger partial charge in [-0.25, -0.2) is 4.98 Å². The molecule has 0 aliphatic heterocycles. The molecule has 3 aromatic rings. The molecule has 140 valence electrons.